The van der Waals surface area contributed by atoms with E-state index >= 15 is 0 Å². The van der Waals surface area contributed by atoms with Crippen molar-refractivity contribution in [1.29, 1.82) is 0 Å². The quantitative estimate of drug-likeness (QED) is 0.0229. The second-order valence-corrected chi connectivity index (χ2v) is 15.0. The SMILES string of the molecule is CCCCCCCCCCCCC(OOC(=O)c1ccc(CC)cc1)C(=O)OC(=O)OC(=O)C(CCCCCCCCCCCC)OOC(=O)c1ccc(CC)cc1. The van der Waals surface area contributed by atoms with E-state index in [1.165, 1.54) is 64.2 Å². The molecule has 2 aromatic rings. The van der Waals surface area contributed by atoms with Gasteiger partial charge in [-0.2, -0.15) is 9.78 Å². The van der Waals surface area contributed by atoms with Crippen LogP contribution in [0.2, 0.25) is 0 Å². The molecule has 0 aliphatic heterocycles. The van der Waals surface area contributed by atoms with Gasteiger partial charge >= 0.3 is 30.0 Å². The normalized spacial score (nSPS) is 12.1. The van der Waals surface area contributed by atoms with Crippen LogP contribution in [0.5, 0.6) is 0 Å². The summed E-state index contributed by atoms with van der Waals surface area (Å²) in [4.78, 5) is 85.1. The number of hydrogen-bond donors (Lipinski definition) is 0. The Morgan fingerprint density at radius 2 is 0.707 bits per heavy atom. The fourth-order valence-electron chi connectivity index (χ4n) is 6.41. The first-order chi connectivity index (χ1) is 28.2. The van der Waals surface area contributed by atoms with E-state index < -0.39 is 42.2 Å². The third-order valence-corrected chi connectivity index (χ3v) is 10.2. The first-order valence-electron chi connectivity index (χ1n) is 22.1. The zero-order chi connectivity index (χ0) is 42.2. The van der Waals surface area contributed by atoms with Gasteiger partial charge in [-0.25, -0.2) is 24.0 Å². The average molecular weight is 811 g/mol. The Morgan fingerprint density at radius 1 is 0.414 bits per heavy atom. The second-order valence-electron chi connectivity index (χ2n) is 15.0. The van der Waals surface area contributed by atoms with Crippen LogP contribution in [0.15, 0.2) is 48.5 Å². The van der Waals surface area contributed by atoms with E-state index in [4.69, 9.17) is 29.0 Å². The lowest BCUT2D eigenvalue weighted by Crippen LogP contribution is -2.34. The zero-order valence-corrected chi connectivity index (χ0v) is 35.7. The number of benzene rings is 2. The maximum absolute atomic E-state index is 13.2. The molecule has 0 saturated carbocycles. The predicted molar refractivity (Wildman–Crippen MR) is 223 cm³/mol. The monoisotopic (exact) mass is 810 g/mol. The smallest absolute Gasteiger partial charge is 0.358 e. The maximum Gasteiger partial charge on any atom is 0.524 e. The first-order valence-corrected chi connectivity index (χ1v) is 22.1. The third-order valence-electron chi connectivity index (χ3n) is 10.2. The van der Waals surface area contributed by atoms with E-state index in [-0.39, 0.29) is 24.0 Å². The summed E-state index contributed by atoms with van der Waals surface area (Å²) < 4.78 is 9.73. The van der Waals surface area contributed by atoms with Crippen molar-refractivity contribution < 1.29 is 53.0 Å². The second kappa shape index (κ2) is 31.8. The van der Waals surface area contributed by atoms with E-state index in [1.54, 1.807) is 48.5 Å². The molecule has 0 aliphatic rings. The lowest BCUT2D eigenvalue weighted by molar-refractivity contribution is -0.276. The minimum atomic E-state index is -1.61. The van der Waals surface area contributed by atoms with Crippen molar-refractivity contribution in [2.24, 2.45) is 0 Å². The molecule has 2 atom stereocenters. The van der Waals surface area contributed by atoms with Crippen molar-refractivity contribution >= 4 is 30.0 Å². The van der Waals surface area contributed by atoms with Gasteiger partial charge in [0.15, 0.2) is 0 Å². The third kappa shape index (κ3) is 22.2. The summed E-state index contributed by atoms with van der Waals surface area (Å²) in [5.74, 6) is -4.00. The van der Waals surface area contributed by atoms with Gasteiger partial charge in [0.1, 0.15) is 0 Å². The summed E-state index contributed by atoms with van der Waals surface area (Å²) in [5, 5.41) is 0. The molecule has 0 heterocycles. The van der Waals surface area contributed by atoms with Gasteiger partial charge in [0.2, 0.25) is 12.2 Å². The molecule has 0 amide bonds. The fourth-order valence-corrected chi connectivity index (χ4v) is 6.41. The molecule has 0 aromatic heterocycles. The molecule has 11 heteroatoms. The molecular weight excluding hydrogens is 741 g/mol. The number of unbranched alkanes of at least 4 members (excludes halogenated alkanes) is 18. The summed E-state index contributed by atoms with van der Waals surface area (Å²) >= 11 is 0. The summed E-state index contributed by atoms with van der Waals surface area (Å²) in [6.45, 7) is 8.38. The molecule has 2 rings (SSSR count). The van der Waals surface area contributed by atoms with Gasteiger partial charge < -0.3 is 9.47 Å². The van der Waals surface area contributed by atoms with Gasteiger partial charge in [-0.05, 0) is 61.1 Å². The Labute approximate surface area is 347 Å². The summed E-state index contributed by atoms with van der Waals surface area (Å²) in [7, 11) is 0. The van der Waals surface area contributed by atoms with E-state index in [9.17, 15) is 24.0 Å². The van der Waals surface area contributed by atoms with Gasteiger partial charge in [0.05, 0.1) is 11.1 Å². The highest BCUT2D eigenvalue weighted by Crippen LogP contribution is 2.18. The van der Waals surface area contributed by atoms with Gasteiger partial charge in [-0.3, -0.25) is 9.78 Å². The molecule has 0 radical (unpaired) electrons. The number of rotatable bonds is 32. The number of esters is 2. The van der Waals surface area contributed by atoms with Crippen LogP contribution in [-0.2, 0) is 51.5 Å². The van der Waals surface area contributed by atoms with Crippen molar-refractivity contribution in [3.63, 3.8) is 0 Å². The van der Waals surface area contributed by atoms with Crippen LogP contribution in [0.25, 0.3) is 0 Å². The van der Waals surface area contributed by atoms with Crippen LogP contribution in [0.3, 0.4) is 0 Å². The molecule has 0 aliphatic carbocycles. The summed E-state index contributed by atoms with van der Waals surface area (Å²) in [6.07, 6.45) is 18.5. The molecule has 0 spiro atoms. The van der Waals surface area contributed by atoms with Crippen molar-refractivity contribution in [3.05, 3.63) is 70.8 Å². The van der Waals surface area contributed by atoms with Crippen molar-refractivity contribution in [2.45, 2.75) is 194 Å². The molecular formula is C47H70O11. The molecule has 0 bridgehead atoms. The van der Waals surface area contributed by atoms with Gasteiger partial charge in [0, 0.05) is 0 Å². The number of hydrogen-bond acceptors (Lipinski definition) is 11. The number of aryl methyl sites for hydroxylation is 2. The Balaban J connectivity index is 1.99. The molecule has 0 N–H and O–H groups in total. The van der Waals surface area contributed by atoms with E-state index in [2.05, 4.69) is 13.8 Å². The highest BCUT2D eigenvalue weighted by molar-refractivity contribution is 5.92. The molecule has 58 heavy (non-hydrogen) atoms. The van der Waals surface area contributed by atoms with Gasteiger partial charge in [-0.1, -0.05) is 180 Å². The minimum Gasteiger partial charge on any atom is -0.358 e. The maximum atomic E-state index is 13.2. The first kappa shape index (κ1) is 50.1. The summed E-state index contributed by atoms with van der Waals surface area (Å²) in [6, 6.07) is 13.5. The Kier molecular flexibility index (Phi) is 27.5. The van der Waals surface area contributed by atoms with E-state index in [0.29, 0.717) is 12.8 Å². The topological polar surface area (TPSA) is 141 Å². The van der Waals surface area contributed by atoms with Crippen LogP contribution in [0, 0.1) is 0 Å². The molecule has 11 nitrogen and oxygen atoms in total. The van der Waals surface area contributed by atoms with Crippen LogP contribution in [0.4, 0.5) is 4.79 Å². The highest BCUT2D eigenvalue weighted by Gasteiger charge is 2.31. The molecule has 0 fully saturated rings. The largest absolute Gasteiger partial charge is 0.524 e. The molecule has 0 saturated heterocycles. The van der Waals surface area contributed by atoms with Crippen LogP contribution in [-0.4, -0.2) is 42.2 Å². The molecule has 2 aromatic carbocycles. The van der Waals surface area contributed by atoms with Crippen molar-refractivity contribution in [1.82, 2.24) is 0 Å². The molecule has 2 unspecified atom stereocenters. The Hall–Kier alpha value is -4.09. The highest BCUT2D eigenvalue weighted by atomic mass is 17.2. The zero-order valence-electron chi connectivity index (χ0n) is 35.7. The van der Waals surface area contributed by atoms with Crippen LogP contribution >= 0.6 is 0 Å². The Bertz CT molecular complexity index is 1330. The van der Waals surface area contributed by atoms with Gasteiger partial charge in [-0.15, -0.1) is 0 Å². The minimum absolute atomic E-state index is 0.0955. The van der Waals surface area contributed by atoms with Crippen molar-refractivity contribution in [2.75, 3.05) is 0 Å². The lowest BCUT2D eigenvalue weighted by Gasteiger charge is -2.16. The molecule has 324 valence electrons. The standard InChI is InChI=1S/C47H70O11/c1-5-9-11-13-15-17-19-21-23-25-27-41(55-57-43(48)39-33-29-37(7-3)30-34-39)45(50)53-47(52)54-46(51)42(28-26-24-22-20-18-16-14-12-10-6-2)56-58-44(49)40-35-31-38(8-4)32-36-40/h29-36,41-42H,5-28H2,1-4H3. The number of carbonyl (C=O) groups is 5. The average Bonchev–Trinajstić information content (AvgIpc) is 3.23. The van der Waals surface area contributed by atoms with Crippen LogP contribution in [0.1, 0.15) is 201 Å². The number of ether oxygens (including phenoxy) is 2. The van der Waals surface area contributed by atoms with E-state index in [1.807, 2.05) is 13.8 Å². The predicted octanol–water partition coefficient (Wildman–Crippen LogP) is 12.3. The van der Waals surface area contributed by atoms with Crippen molar-refractivity contribution in [3.8, 4) is 0 Å². The summed E-state index contributed by atoms with van der Waals surface area (Å²) in [5.41, 5.74) is 2.51. The fraction of sp³-hybridized carbons (Fsp3) is 0.638. The Morgan fingerprint density at radius 3 is 1.00 bits per heavy atom. The number of carbonyl (C=O) groups excluding carboxylic acids is 5. The van der Waals surface area contributed by atoms with Gasteiger partial charge in [0.25, 0.3) is 0 Å². The lowest BCUT2D eigenvalue weighted by atomic mass is 10.0. The van der Waals surface area contributed by atoms with Crippen LogP contribution < -0.4 is 0 Å². The van der Waals surface area contributed by atoms with E-state index in [0.717, 1.165) is 75.3 Å².